The number of hydrogen-bond donors (Lipinski definition) is 0. The van der Waals surface area contributed by atoms with Crippen LogP contribution in [0.4, 0.5) is 5.69 Å². The molecule has 1 fully saturated rings. The van der Waals surface area contributed by atoms with Gasteiger partial charge in [-0.05, 0) is 35.9 Å². The molecule has 2 amide bonds. The van der Waals surface area contributed by atoms with Crippen molar-refractivity contribution in [3.05, 3.63) is 88.3 Å². The predicted octanol–water partition coefficient (Wildman–Crippen LogP) is 4.55. The number of amides is 2. The Labute approximate surface area is 223 Å². The van der Waals surface area contributed by atoms with Crippen LogP contribution in [0, 0.1) is 0 Å². The smallest absolute Gasteiger partial charge is 0.276 e. The van der Waals surface area contributed by atoms with E-state index in [1.165, 1.54) is 28.3 Å². The third-order valence-corrected chi connectivity index (χ3v) is 7.52. The fourth-order valence-corrected chi connectivity index (χ4v) is 5.40. The molecule has 1 aromatic heterocycles. The van der Waals surface area contributed by atoms with Gasteiger partial charge in [0.15, 0.2) is 11.5 Å². The molecule has 4 aromatic rings. The largest absolute Gasteiger partial charge is 0.493 e. The number of hydrogen-bond acceptors (Lipinski definition) is 7. The van der Waals surface area contributed by atoms with Gasteiger partial charge in [-0.1, -0.05) is 36.4 Å². The molecule has 0 radical (unpaired) electrons. The molecule has 0 saturated carbocycles. The number of carbonyl (C=O) groups excluding carboxylic acids is 2. The Morgan fingerprint density at radius 3 is 2.29 bits per heavy atom. The van der Waals surface area contributed by atoms with Gasteiger partial charge in [-0.25, -0.2) is 9.88 Å². The van der Waals surface area contributed by atoms with Crippen LogP contribution in [0.1, 0.15) is 17.7 Å². The summed E-state index contributed by atoms with van der Waals surface area (Å²) < 4.78 is 12.2. The molecular weight excluding hydrogens is 502 g/mol. The molecule has 1 saturated heterocycles. The second-order valence-electron chi connectivity index (χ2n) is 8.67. The second-order valence-corrected chi connectivity index (χ2v) is 9.95. The zero-order valence-electron chi connectivity index (χ0n) is 21.1. The van der Waals surface area contributed by atoms with Gasteiger partial charge in [-0.15, -0.1) is 11.8 Å². The van der Waals surface area contributed by atoms with E-state index >= 15 is 0 Å². The monoisotopic (exact) mass is 527 g/mol. The molecule has 192 valence electrons. The van der Waals surface area contributed by atoms with Crippen LogP contribution in [0.15, 0.2) is 76.4 Å². The number of methoxy groups -OCH3 is 2. The zero-order chi connectivity index (χ0) is 26.8. The van der Waals surface area contributed by atoms with Crippen LogP contribution in [-0.4, -0.2) is 40.8 Å². The summed E-state index contributed by atoms with van der Waals surface area (Å²) in [5.74, 6) is 0.595. The number of rotatable bonds is 7. The molecule has 0 bridgehead atoms. The lowest BCUT2D eigenvalue weighted by Crippen LogP contribution is -2.31. The number of imide groups is 1. The lowest BCUT2D eigenvalue weighted by atomic mass is 10.1. The van der Waals surface area contributed by atoms with Gasteiger partial charge in [0.25, 0.3) is 5.56 Å². The van der Waals surface area contributed by atoms with E-state index in [-0.39, 0.29) is 29.5 Å². The maximum atomic E-state index is 13.0. The Morgan fingerprint density at radius 1 is 0.921 bits per heavy atom. The van der Waals surface area contributed by atoms with Crippen molar-refractivity contribution in [1.29, 1.82) is 0 Å². The molecular formula is C29H25N3O5S. The lowest BCUT2D eigenvalue weighted by molar-refractivity contribution is -0.121. The van der Waals surface area contributed by atoms with Gasteiger partial charge in [0.2, 0.25) is 11.8 Å². The summed E-state index contributed by atoms with van der Waals surface area (Å²) in [5, 5.41) is -0.446. The topological polar surface area (TPSA) is 90.7 Å². The SMILES string of the molecule is COc1cc2nc(/C=C/c3ccc(N4C(=O)CC(Sc5ccccc5)C4=O)cc3)c(=O)n(C)c2cc1OC. The van der Waals surface area contributed by atoms with Crippen molar-refractivity contribution in [2.45, 2.75) is 16.6 Å². The van der Waals surface area contributed by atoms with Gasteiger partial charge in [-0.2, -0.15) is 0 Å². The number of fused-ring (bicyclic) bond motifs is 1. The Bertz CT molecular complexity index is 1610. The zero-order valence-corrected chi connectivity index (χ0v) is 21.9. The normalized spacial score (nSPS) is 15.6. The van der Waals surface area contributed by atoms with Crippen molar-refractivity contribution in [3.63, 3.8) is 0 Å². The van der Waals surface area contributed by atoms with Crippen LogP contribution in [-0.2, 0) is 16.6 Å². The van der Waals surface area contributed by atoms with Crippen molar-refractivity contribution < 1.29 is 19.1 Å². The molecule has 0 N–H and O–H groups in total. The summed E-state index contributed by atoms with van der Waals surface area (Å²) in [6, 6.07) is 20.1. The first-order valence-corrected chi connectivity index (χ1v) is 12.8. The fraction of sp³-hybridized carbons (Fsp3) is 0.172. The van der Waals surface area contributed by atoms with E-state index in [4.69, 9.17) is 9.47 Å². The Hall–Kier alpha value is -4.37. The first-order chi connectivity index (χ1) is 18.4. The van der Waals surface area contributed by atoms with Crippen molar-refractivity contribution in [2.75, 3.05) is 19.1 Å². The third kappa shape index (κ3) is 4.80. The molecule has 3 aromatic carbocycles. The highest BCUT2D eigenvalue weighted by atomic mass is 32.2. The standard InChI is InChI=1S/C29H25N3O5S/c1-31-23-16-25(37-3)24(36-2)15-22(23)30-21(28(31)34)14-11-18-9-12-19(13-10-18)32-27(33)17-26(29(32)35)38-20-7-5-4-6-8-20/h4-16,26H,17H2,1-3H3/b14-11+. The van der Waals surface area contributed by atoms with Gasteiger partial charge in [-0.3, -0.25) is 14.4 Å². The van der Waals surface area contributed by atoms with Crippen molar-refractivity contribution in [1.82, 2.24) is 9.55 Å². The number of aryl methyl sites for hydroxylation is 1. The summed E-state index contributed by atoms with van der Waals surface area (Å²) in [6.45, 7) is 0. The number of benzene rings is 3. The molecule has 5 rings (SSSR count). The summed E-state index contributed by atoms with van der Waals surface area (Å²) in [4.78, 5) is 45.3. The summed E-state index contributed by atoms with van der Waals surface area (Å²) in [7, 11) is 4.76. The summed E-state index contributed by atoms with van der Waals surface area (Å²) >= 11 is 1.40. The maximum absolute atomic E-state index is 13.0. The number of ether oxygens (including phenoxy) is 2. The molecule has 2 heterocycles. The second kappa shape index (κ2) is 10.5. The van der Waals surface area contributed by atoms with E-state index in [9.17, 15) is 14.4 Å². The first kappa shape index (κ1) is 25.3. The Balaban J connectivity index is 1.36. The third-order valence-electron chi connectivity index (χ3n) is 6.32. The van der Waals surface area contributed by atoms with Crippen molar-refractivity contribution in [3.8, 4) is 11.5 Å². The van der Waals surface area contributed by atoms with Gasteiger partial charge in [0.1, 0.15) is 5.69 Å². The van der Waals surface area contributed by atoms with Crippen LogP contribution in [0.25, 0.3) is 23.2 Å². The highest BCUT2D eigenvalue weighted by molar-refractivity contribution is 8.00. The van der Waals surface area contributed by atoms with Crippen LogP contribution in [0.2, 0.25) is 0 Å². The predicted molar refractivity (Wildman–Crippen MR) is 149 cm³/mol. The number of thioether (sulfide) groups is 1. The molecule has 0 spiro atoms. The van der Waals surface area contributed by atoms with Crippen LogP contribution >= 0.6 is 11.8 Å². The van der Waals surface area contributed by atoms with Crippen molar-refractivity contribution >= 4 is 52.4 Å². The summed E-state index contributed by atoms with van der Waals surface area (Å²) in [5.41, 5.74) is 2.54. The fourth-order valence-electron chi connectivity index (χ4n) is 4.32. The molecule has 1 aliphatic rings. The lowest BCUT2D eigenvalue weighted by Gasteiger charge is -2.15. The van der Waals surface area contributed by atoms with E-state index in [0.29, 0.717) is 28.2 Å². The Morgan fingerprint density at radius 2 is 1.61 bits per heavy atom. The van der Waals surface area contributed by atoms with Crippen LogP contribution < -0.4 is 19.9 Å². The van der Waals surface area contributed by atoms with Gasteiger partial charge < -0.3 is 14.0 Å². The van der Waals surface area contributed by atoms with E-state index < -0.39 is 5.25 Å². The molecule has 38 heavy (non-hydrogen) atoms. The quantitative estimate of drug-likeness (QED) is 0.326. The van der Waals surface area contributed by atoms with Crippen LogP contribution in [0.5, 0.6) is 11.5 Å². The number of anilines is 1. The molecule has 0 aliphatic carbocycles. The Kier molecular flexibility index (Phi) is 7.02. The number of aromatic nitrogens is 2. The highest BCUT2D eigenvalue weighted by Crippen LogP contribution is 2.34. The van der Waals surface area contributed by atoms with E-state index in [2.05, 4.69) is 4.98 Å². The molecule has 1 atom stereocenters. The summed E-state index contributed by atoms with van der Waals surface area (Å²) in [6.07, 6.45) is 3.57. The highest BCUT2D eigenvalue weighted by Gasteiger charge is 2.40. The van der Waals surface area contributed by atoms with Crippen LogP contribution in [0.3, 0.4) is 0 Å². The minimum atomic E-state index is -0.446. The maximum Gasteiger partial charge on any atom is 0.276 e. The number of carbonyl (C=O) groups is 2. The number of nitrogens with zero attached hydrogens (tertiary/aromatic N) is 3. The van der Waals surface area contributed by atoms with E-state index in [0.717, 1.165) is 10.5 Å². The van der Waals surface area contributed by atoms with E-state index in [1.807, 2.05) is 30.3 Å². The van der Waals surface area contributed by atoms with Gasteiger partial charge in [0, 0.05) is 30.5 Å². The first-order valence-electron chi connectivity index (χ1n) is 11.9. The molecule has 9 heteroatoms. The minimum Gasteiger partial charge on any atom is -0.493 e. The molecule has 1 unspecified atom stereocenters. The minimum absolute atomic E-state index is 0.160. The molecule has 1 aliphatic heterocycles. The van der Waals surface area contributed by atoms with E-state index in [1.54, 1.807) is 62.7 Å². The van der Waals surface area contributed by atoms with Gasteiger partial charge >= 0.3 is 0 Å². The molecule has 8 nitrogen and oxygen atoms in total. The average molecular weight is 528 g/mol. The van der Waals surface area contributed by atoms with Crippen molar-refractivity contribution in [2.24, 2.45) is 7.05 Å². The average Bonchev–Trinajstić information content (AvgIpc) is 3.22. The van der Waals surface area contributed by atoms with Gasteiger partial charge in [0.05, 0.1) is 36.2 Å².